The summed E-state index contributed by atoms with van der Waals surface area (Å²) >= 11 is 3.19. The highest BCUT2D eigenvalue weighted by molar-refractivity contribution is 9.10. The van der Waals surface area contributed by atoms with Gasteiger partial charge in [-0.3, -0.25) is 4.79 Å². The number of nitrogens with zero attached hydrogens (tertiary/aromatic N) is 1. The Labute approximate surface area is 120 Å². The molecule has 19 heavy (non-hydrogen) atoms. The normalized spacial score (nSPS) is 16.8. The number of carbonyl (C=O) groups excluding carboxylic acids is 1. The largest absolute Gasteiger partial charge is 0.457 e. The number of amides is 1. The first-order valence-corrected chi connectivity index (χ1v) is 7.26. The van der Waals surface area contributed by atoms with Crippen molar-refractivity contribution in [2.75, 3.05) is 26.3 Å². The summed E-state index contributed by atoms with van der Waals surface area (Å²) in [5.41, 5.74) is 0.575. The van der Waals surface area contributed by atoms with E-state index in [1.165, 1.54) is 6.26 Å². The predicted molar refractivity (Wildman–Crippen MR) is 73.0 cm³/mol. The topological polar surface area (TPSA) is 62.9 Å². The van der Waals surface area contributed by atoms with Crippen molar-refractivity contribution in [3.63, 3.8) is 0 Å². The SMILES string of the molecule is O=C(c1coc(Br)c1)N1CCC(OCCCO)CC1. The van der Waals surface area contributed by atoms with Crippen LogP contribution in [-0.4, -0.2) is 48.3 Å². The first kappa shape index (κ1) is 14.6. The van der Waals surface area contributed by atoms with E-state index in [9.17, 15) is 4.79 Å². The van der Waals surface area contributed by atoms with E-state index in [1.54, 1.807) is 6.07 Å². The fraction of sp³-hybridized carbons (Fsp3) is 0.615. The molecule has 1 amide bonds. The molecule has 1 aromatic rings. The minimum absolute atomic E-state index is 0.00302. The molecule has 1 fully saturated rings. The Morgan fingerprint density at radius 3 is 2.84 bits per heavy atom. The van der Waals surface area contributed by atoms with Gasteiger partial charge in [0.25, 0.3) is 5.91 Å². The quantitative estimate of drug-likeness (QED) is 0.839. The Balaban J connectivity index is 1.78. The van der Waals surface area contributed by atoms with Crippen LogP contribution in [0.4, 0.5) is 0 Å². The molecule has 1 aliphatic rings. The Morgan fingerprint density at radius 1 is 1.53 bits per heavy atom. The van der Waals surface area contributed by atoms with Crippen LogP contribution < -0.4 is 0 Å². The van der Waals surface area contributed by atoms with Gasteiger partial charge in [-0.15, -0.1) is 0 Å². The highest BCUT2D eigenvalue weighted by Crippen LogP contribution is 2.19. The van der Waals surface area contributed by atoms with Crippen LogP contribution in [0.5, 0.6) is 0 Å². The summed E-state index contributed by atoms with van der Waals surface area (Å²) in [6.45, 7) is 2.15. The zero-order valence-electron chi connectivity index (χ0n) is 10.7. The summed E-state index contributed by atoms with van der Waals surface area (Å²) < 4.78 is 11.3. The van der Waals surface area contributed by atoms with Crippen LogP contribution in [0.15, 0.2) is 21.4 Å². The lowest BCUT2D eigenvalue weighted by atomic mass is 10.1. The molecule has 0 radical (unpaired) electrons. The molecule has 5 nitrogen and oxygen atoms in total. The third-order valence-corrected chi connectivity index (χ3v) is 3.62. The van der Waals surface area contributed by atoms with Gasteiger partial charge in [0.05, 0.1) is 11.7 Å². The number of halogens is 1. The number of likely N-dealkylation sites (tertiary alicyclic amines) is 1. The molecule has 1 N–H and O–H groups in total. The zero-order chi connectivity index (χ0) is 13.7. The van der Waals surface area contributed by atoms with Crippen LogP contribution in [0.1, 0.15) is 29.6 Å². The highest BCUT2D eigenvalue weighted by Gasteiger charge is 2.24. The van der Waals surface area contributed by atoms with Gasteiger partial charge in [0.15, 0.2) is 4.67 Å². The van der Waals surface area contributed by atoms with Crippen LogP contribution in [-0.2, 0) is 4.74 Å². The van der Waals surface area contributed by atoms with Gasteiger partial charge in [0, 0.05) is 32.4 Å². The second-order valence-electron chi connectivity index (χ2n) is 4.58. The number of piperidine rings is 1. The number of aliphatic hydroxyl groups excluding tert-OH is 1. The van der Waals surface area contributed by atoms with E-state index in [0.29, 0.717) is 36.4 Å². The highest BCUT2D eigenvalue weighted by atomic mass is 79.9. The third-order valence-electron chi connectivity index (χ3n) is 3.20. The van der Waals surface area contributed by atoms with Crippen molar-refractivity contribution in [1.29, 1.82) is 0 Å². The summed E-state index contributed by atoms with van der Waals surface area (Å²) in [5.74, 6) is 0.00302. The molecular formula is C13H18BrNO4. The number of furan rings is 1. The number of hydrogen-bond acceptors (Lipinski definition) is 4. The maximum atomic E-state index is 12.2. The monoisotopic (exact) mass is 331 g/mol. The number of rotatable bonds is 5. The molecule has 2 heterocycles. The zero-order valence-corrected chi connectivity index (χ0v) is 12.3. The van der Waals surface area contributed by atoms with E-state index in [2.05, 4.69) is 15.9 Å². The molecule has 0 bridgehead atoms. The second-order valence-corrected chi connectivity index (χ2v) is 5.36. The molecular weight excluding hydrogens is 314 g/mol. The molecule has 1 aliphatic heterocycles. The van der Waals surface area contributed by atoms with Crippen LogP contribution in [0, 0.1) is 0 Å². The fourth-order valence-corrected chi connectivity index (χ4v) is 2.48. The van der Waals surface area contributed by atoms with Gasteiger partial charge in [0.1, 0.15) is 6.26 Å². The van der Waals surface area contributed by atoms with Crippen molar-refractivity contribution < 1.29 is 19.1 Å². The standard InChI is InChI=1S/C13H18BrNO4/c14-12-8-10(9-19-12)13(17)15-4-2-11(3-5-15)18-7-1-6-16/h8-9,11,16H,1-7H2. The van der Waals surface area contributed by atoms with Gasteiger partial charge in [-0.2, -0.15) is 0 Å². The smallest absolute Gasteiger partial charge is 0.257 e. The van der Waals surface area contributed by atoms with Gasteiger partial charge in [0.2, 0.25) is 0 Å². The molecule has 0 saturated carbocycles. The van der Waals surface area contributed by atoms with Gasteiger partial charge in [-0.05, 0) is 35.2 Å². The predicted octanol–water partition coefficient (Wildman–Crippen LogP) is 2.05. The van der Waals surface area contributed by atoms with Crippen LogP contribution >= 0.6 is 15.9 Å². The molecule has 0 aromatic carbocycles. The number of hydrogen-bond donors (Lipinski definition) is 1. The first-order chi connectivity index (χ1) is 9.20. The molecule has 0 spiro atoms. The third kappa shape index (κ3) is 4.06. The summed E-state index contributed by atoms with van der Waals surface area (Å²) in [6, 6.07) is 1.69. The van der Waals surface area contributed by atoms with E-state index >= 15 is 0 Å². The average molecular weight is 332 g/mol. The van der Waals surface area contributed by atoms with E-state index in [0.717, 1.165) is 12.8 Å². The summed E-state index contributed by atoms with van der Waals surface area (Å²) in [5, 5.41) is 8.69. The van der Waals surface area contributed by atoms with Crippen molar-refractivity contribution in [3.05, 3.63) is 22.6 Å². The lowest BCUT2D eigenvalue weighted by Gasteiger charge is -2.31. The minimum Gasteiger partial charge on any atom is -0.457 e. The van der Waals surface area contributed by atoms with E-state index in [1.807, 2.05) is 4.90 Å². The minimum atomic E-state index is 0.00302. The Morgan fingerprint density at radius 2 is 2.26 bits per heavy atom. The molecule has 6 heteroatoms. The van der Waals surface area contributed by atoms with Crippen LogP contribution in [0.3, 0.4) is 0 Å². The second kappa shape index (κ2) is 7.07. The molecule has 0 aliphatic carbocycles. The summed E-state index contributed by atoms with van der Waals surface area (Å²) in [7, 11) is 0. The Bertz CT molecular complexity index is 413. The molecule has 0 unspecified atom stereocenters. The van der Waals surface area contributed by atoms with Crippen LogP contribution in [0.25, 0.3) is 0 Å². The molecule has 1 saturated heterocycles. The van der Waals surface area contributed by atoms with Crippen molar-refractivity contribution in [2.24, 2.45) is 0 Å². The lowest BCUT2D eigenvalue weighted by molar-refractivity contribution is 0.00396. The van der Waals surface area contributed by atoms with Crippen molar-refractivity contribution in [2.45, 2.75) is 25.4 Å². The van der Waals surface area contributed by atoms with Crippen LogP contribution in [0.2, 0.25) is 0 Å². The van der Waals surface area contributed by atoms with Gasteiger partial charge in [-0.1, -0.05) is 0 Å². The number of ether oxygens (including phenoxy) is 1. The molecule has 2 rings (SSSR count). The summed E-state index contributed by atoms with van der Waals surface area (Å²) in [4.78, 5) is 14.0. The maximum absolute atomic E-state index is 12.2. The van der Waals surface area contributed by atoms with Crippen molar-refractivity contribution in [1.82, 2.24) is 4.90 Å². The van der Waals surface area contributed by atoms with Crippen molar-refractivity contribution >= 4 is 21.8 Å². The average Bonchev–Trinajstić information content (AvgIpc) is 2.86. The van der Waals surface area contributed by atoms with Gasteiger partial charge >= 0.3 is 0 Å². The fourth-order valence-electron chi connectivity index (χ4n) is 2.14. The molecule has 106 valence electrons. The van der Waals surface area contributed by atoms with Gasteiger partial charge in [-0.25, -0.2) is 0 Å². The van der Waals surface area contributed by atoms with E-state index in [-0.39, 0.29) is 18.6 Å². The maximum Gasteiger partial charge on any atom is 0.257 e. The molecule has 1 aromatic heterocycles. The van der Waals surface area contributed by atoms with E-state index < -0.39 is 0 Å². The van der Waals surface area contributed by atoms with Crippen molar-refractivity contribution in [3.8, 4) is 0 Å². The lowest BCUT2D eigenvalue weighted by Crippen LogP contribution is -2.40. The first-order valence-electron chi connectivity index (χ1n) is 6.46. The Hall–Kier alpha value is -0.850. The van der Waals surface area contributed by atoms with Gasteiger partial charge < -0.3 is 19.2 Å². The van der Waals surface area contributed by atoms with E-state index in [4.69, 9.17) is 14.3 Å². The number of aliphatic hydroxyl groups is 1. The molecule has 0 atom stereocenters. The number of carbonyl (C=O) groups is 1. The summed E-state index contributed by atoms with van der Waals surface area (Å²) in [6.07, 6.45) is 4.02. The Kier molecular flexibility index (Phi) is 5.42.